The average molecular weight is 316 g/mol. The molecule has 0 aliphatic carbocycles. The lowest BCUT2D eigenvalue weighted by molar-refractivity contribution is -0.162. The standard InChI is InChI=1S/C20H28O3/c1-14(2)16-9-7-15(3)8-12-18(21)20(4)13-5-6-17(11-10-16)19(22)23-20/h6-7,9,14H,5,8,10-13H2,1-4H3/b15-7-,16-9?. The van der Waals surface area contributed by atoms with E-state index in [2.05, 4.69) is 32.9 Å². The molecule has 0 saturated heterocycles. The Labute approximate surface area is 139 Å². The number of esters is 1. The molecular weight excluding hydrogens is 288 g/mol. The van der Waals surface area contributed by atoms with Crippen LogP contribution < -0.4 is 0 Å². The fraction of sp³-hybridized carbons (Fsp3) is 0.600. The van der Waals surface area contributed by atoms with E-state index in [1.807, 2.05) is 6.08 Å². The molecule has 2 heterocycles. The second kappa shape index (κ2) is 7.29. The van der Waals surface area contributed by atoms with Crippen LogP contribution in [0.4, 0.5) is 0 Å². The lowest BCUT2D eigenvalue weighted by Crippen LogP contribution is -2.39. The fourth-order valence-electron chi connectivity index (χ4n) is 3.08. The molecule has 2 rings (SSSR count). The molecular formula is C20H28O3. The Hall–Kier alpha value is -1.64. The van der Waals surface area contributed by atoms with Crippen LogP contribution in [0.1, 0.15) is 66.2 Å². The quantitative estimate of drug-likeness (QED) is 0.660. The summed E-state index contributed by atoms with van der Waals surface area (Å²) in [7, 11) is 0. The van der Waals surface area contributed by atoms with Gasteiger partial charge >= 0.3 is 5.97 Å². The molecule has 0 amide bonds. The Kier molecular flexibility index (Phi) is 5.61. The second-order valence-electron chi connectivity index (χ2n) is 7.22. The molecule has 23 heavy (non-hydrogen) atoms. The SMILES string of the molecule is C/C1=C/C=C(C(C)C)CCC2=CCCC(C)(OC2=O)C(=O)CC1. The predicted octanol–water partition coefficient (Wildman–Crippen LogP) is 4.68. The third kappa shape index (κ3) is 4.43. The Morgan fingerprint density at radius 1 is 1.09 bits per heavy atom. The van der Waals surface area contributed by atoms with Crippen LogP contribution in [0.25, 0.3) is 0 Å². The maximum atomic E-state index is 12.6. The molecule has 1 atom stereocenters. The number of ketones is 1. The van der Waals surface area contributed by atoms with Crippen LogP contribution in [0.5, 0.6) is 0 Å². The molecule has 0 N–H and O–H groups in total. The molecule has 2 aliphatic rings. The first-order valence-corrected chi connectivity index (χ1v) is 8.64. The molecule has 0 fully saturated rings. The largest absolute Gasteiger partial charge is 0.448 e. The number of hydrogen-bond acceptors (Lipinski definition) is 3. The summed E-state index contributed by atoms with van der Waals surface area (Å²) in [5, 5.41) is 0. The van der Waals surface area contributed by atoms with Gasteiger partial charge in [0.05, 0.1) is 0 Å². The van der Waals surface area contributed by atoms with Crippen molar-refractivity contribution in [2.75, 3.05) is 0 Å². The van der Waals surface area contributed by atoms with Gasteiger partial charge in [0.1, 0.15) is 0 Å². The van der Waals surface area contributed by atoms with Gasteiger partial charge in [0.2, 0.25) is 0 Å². The lowest BCUT2D eigenvalue weighted by Gasteiger charge is -2.26. The predicted molar refractivity (Wildman–Crippen MR) is 92.0 cm³/mol. The van der Waals surface area contributed by atoms with Crippen molar-refractivity contribution < 1.29 is 14.3 Å². The monoisotopic (exact) mass is 316 g/mol. The normalized spacial score (nSPS) is 29.3. The van der Waals surface area contributed by atoms with Crippen molar-refractivity contribution >= 4 is 11.8 Å². The van der Waals surface area contributed by atoms with Crippen LogP contribution in [-0.2, 0) is 14.3 Å². The number of carbonyl (C=O) groups is 2. The van der Waals surface area contributed by atoms with Gasteiger partial charge in [0, 0.05) is 12.0 Å². The molecule has 126 valence electrons. The molecule has 0 aromatic rings. The van der Waals surface area contributed by atoms with Crippen molar-refractivity contribution in [2.45, 2.75) is 71.8 Å². The highest BCUT2D eigenvalue weighted by Crippen LogP contribution is 2.30. The van der Waals surface area contributed by atoms with Gasteiger partial charge in [-0.1, -0.05) is 43.2 Å². The van der Waals surface area contributed by atoms with E-state index in [1.165, 1.54) is 11.1 Å². The molecule has 0 saturated carbocycles. The zero-order valence-corrected chi connectivity index (χ0v) is 14.8. The smallest absolute Gasteiger partial charge is 0.334 e. The van der Waals surface area contributed by atoms with Gasteiger partial charge in [-0.25, -0.2) is 4.79 Å². The molecule has 2 aliphatic heterocycles. The van der Waals surface area contributed by atoms with Gasteiger partial charge < -0.3 is 4.74 Å². The fourth-order valence-corrected chi connectivity index (χ4v) is 3.08. The number of carbonyl (C=O) groups excluding carboxylic acids is 2. The van der Waals surface area contributed by atoms with Crippen molar-refractivity contribution in [1.82, 2.24) is 0 Å². The summed E-state index contributed by atoms with van der Waals surface area (Å²) in [5.74, 6) is 0.157. The minimum atomic E-state index is -0.974. The van der Waals surface area contributed by atoms with Crippen molar-refractivity contribution in [3.8, 4) is 0 Å². The van der Waals surface area contributed by atoms with Gasteiger partial charge in [-0.3, -0.25) is 4.79 Å². The van der Waals surface area contributed by atoms with Crippen LogP contribution in [0.3, 0.4) is 0 Å². The Balaban J connectivity index is 2.34. The van der Waals surface area contributed by atoms with Crippen LogP contribution >= 0.6 is 0 Å². The first kappa shape index (κ1) is 17.7. The molecule has 2 bridgehead atoms. The third-order valence-electron chi connectivity index (χ3n) is 4.94. The van der Waals surface area contributed by atoms with Crippen LogP contribution in [-0.4, -0.2) is 17.4 Å². The molecule has 0 aromatic carbocycles. The topological polar surface area (TPSA) is 43.4 Å². The average Bonchev–Trinajstić information content (AvgIpc) is 2.62. The Morgan fingerprint density at radius 3 is 2.52 bits per heavy atom. The van der Waals surface area contributed by atoms with E-state index in [9.17, 15) is 9.59 Å². The minimum absolute atomic E-state index is 0.0283. The number of rotatable bonds is 1. The minimum Gasteiger partial charge on any atom is -0.448 e. The van der Waals surface area contributed by atoms with E-state index in [1.54, 1.807) is 6.92 Å². The summed E-state index contributed by atoms with van der Waals surface area (Å²) >= 11 is 0. The zero-order chi connectivity index (χ0) is 17.0. The summed E-state index contributed by atoms with van der Waals surface area (Å²) in [6.07, 6.45) is 10.2. The van der Waals surface area contributed by atoms with E-state index in [0.29, 0.717) is 37.2 Å². The molecule has 0 aromatic heterocycles. The van der Waals surface area contributed by atoms with Crippen molar-refractivity contribution in [3.05, 3.63) is 34.9 Å². The highest BCUT2D eigenvalue weighted by Gasteiger charge is 2.38. The van der Waals surface area contributed by atoms with Gasteiger partial charge in [0.25, 0.3) is 0 Å². The second-order valence-corrected chi connectivity index (χ2v) is 7.22. The number of fused-ring (bicyclic) bond motifs is 3. The van der Waals surface area contributed by atoms with Gasteiger partial charge in [-0.05, 0) is 51.9 Å². The van der Waals surface area contributed by atoms with E-state index >= 15 is 0 Å². The number of ether oxygens (including phenoxy) is 1. The maximum absolute atomic E-state index is 12.6. The number of hydrogen-bond donors (Lipinski definition) is 0. The number of allylic oxidation sites excluding steroid dienone is 5. The van der Waals surface area contributed by atoms with Gasteiger partial charge in [0.15, 0.2) is 11.4 Å². The summed E-state index contributed by atoms with van der Waals surface area (Å²) in [6.45, 7) is 8.17. The summed E-state index contributed by atoms with van der Waals surface area (Å²) in [5.41, 5.74) is 2.26. The first-order valence-electron chi connectivity index (χ1n) is 8.64. The van der Waals surface area contributed by atoms with E-state index in [4.69, 9.17) is 4.74 Å². The first-order chi connectivity index (χ1) is 10.8. The van der Waals surface area contributed by atoms with Crippen molar-refractivity contribution in [2.24, 2.45) is 5.92 Å². The Morgan fingerprint density at radius 2 is 1.83 bits per heavy atom. The Bertz CT molecular complexity index is 578. The lowest BCUT2D eigenvalue weighted by atomic mass is 9.90. The van der Waals surface area contributed by atoms with E-state index in [0.717, 1.165) is 12.8 Å². The summed E-state index contributed by atoms with van der Waals surface area (Å²) in [6, 6.07) is 0. The van der Waals surface area contributed by atoms with E-state index in [-0.39, 0.29) is 11.8 Å². The van der Waals surface area contributed by atoms with E-state index < -0.39 is 5.60 Å². The zero-order valence-electron chi connectivity index (χ0n) is 14.8. The van der Waals surface area contributed by atoms with Crippen LogP contribution in [0.2, 0.25) is 0 Å². The van der Waals surface area contributed by atoms with Gasteiger partial charge in [-0.2, -0.15) is 0 Å². The number of Topliss-reactive ketones (excluding diaryl/α,β-unsaturated/α-hetero) is 1. The summed E-state index contributed by atoms with van der Waals surface area (Å²) < 4.78 is 5.62. The molecule has 3 heteroatoms. The summed E-state index contributed by atoms with van der Waals surface area (Å²) in [4.78, 5) is 25.0. The maximum Gasteiger partial charge on any atom is 0.334 e. The van der Waals surface area contributed by atoms with Crippen LogP contribution in [0, 0.1) is 5.92 Å². The molecule has 1 unspecified atom stereocenters. The highest BCUT2D eigenvalue weighted by atomic mass is 16.6. The van der Waals surface area contributed by atoms with Gasteiger partial charge in [-0.15, -0.1) is 0 Å². The van der Waals surface area contributed by atoms with Crippen LogP contribution in [0.15, 0.2) is 34.9 Å². The molecule has 0 spiro atoms. The molecule has 3 nitrogen and oxygen atoms in total. The van der Waals surface area contributed by atoms with Crippen molar-refractivity contribution in [1.29, 1.82) is 0 Å². The third-order valence-corrected chi connectivity index (χ3v) is 4.94. The van der Waals surface area contributed by atoms with Crippen molar-refractivity contribution in [3.63, 3.8) is 0 Å². The molecule has 0 radical (unpaired) electrons. The highest BCUT2D eigenvalue weighted by molar-refractivity contribution is 5.94.